The van der Waals surface area contributed by atoms with Gasteiger partial charge in [0.15, 0.2) is 0 Å². The molecule has 0 saturated heterocycles. The Balaban J connectivity index is 1.66. The zero-order valence-electron chi connectivity index (χ0n) is 17.8. The molecule has 30 heavy (non-hydrogen) atoms. The maximum Gasteiger partial charge on any atom is 0.209 e. The van der Waals surface area contributed by atoms with Crippen LogP contribution in [-0.2, 0) is 25.7 Å². The van der Waals surface area contributed by atoms with Gasteiger partial charge in [0.1, 0.15) is 5.58 Å². The molecular weight excluding hydrogens is 366 g/mol. The lowest BCUT2D eigenvalue weighted by Gasteiger charge is -2.29. The third kappa shape index (κ3) is 2.70. The van der Waals surface area contributed by atoms with Crippen molar-refractivity contribution in [3.63, 3.8) is 0 Å². The Morgan fingerprint density at radius 2 is 1.53 bits per heavy atom. The molecule has 2 heterocycles. The lowest BCUT2D eigenvalue weighted by molar-refractivity contribution is 0.615. The summed E-state index contributed by atoms with van der Waals surface area (Å²) in [5, 5.41) is 1.27. The van der Waals surface area contributed by atoms with Crippen molar-refractivity contribution >= 4 is 28.2 Å². The molecule has 0 bridgehead atoms. The average molecular weight is 394 g/mol. The molecule has 0 atom stereocenters. The number of hydrogen-bond acceptors (Lipinski definition) is 2. The molecule has 6 rings (SSSR count). The summed E-state index contributed by atoms with van der Waals surface area (Å²) in [7, 11) is 0. The number of benzene rings is 3. The SMILES string of the molecule is Cc1ccc2c(c1)CCc1c(oc3ccc(C)cc13)N2c1cccc2c1CCCC2. The van der Waals surface area contributed by atoms with Crippen LogP contribution in [-0.4, -0.2) is 0 Å². The Kier molecular flexibility index (Phi) is 4.02. The quantitative estimate of drug-likeness (QED) is 0.333. The van der Waals surface area contributed by atoms with Crippen molar-refractivity contribution in [3.8, 4) is 0 Å². The predicted octanol–water partition coefficient (Wildman–Crippen LogP) is 7.50. The zero-order chi connectivity index (χ0) is 20.2. The molecule has 0 radical (unpaired) electrons. The van der Waals surface area contributed by atoms with Crippen LogP contribution in [0, 0.1) is 13.8 Å². The van der Waals surface area contributed by atoms with Gasteiger partial charge in [-0.05, 0) is 93.3 Å². The van der Waals surface area contributed by atoms with Crippen molar-refractivity contribution in [2.24, 2.45) is 0 Å². The summed E-state index contributed by atoms with van der Waals surface area (Å²) in [4.78, 5) is 2.43. The van der Waals surface area contributed by atoms with Gasteiger partial charge in [0, 0.05) is 10.9 Å². The Morgan fingerprint density at radius 1 is 0.700 bits per heavy atom. The van der Waals surface area contributed by atoms with Crippen molar-refractivity contribution in [1.29, 1.82) is 0 Å². The third-order valence-corrected chi connectivity index (χ3v) is 6.86. The fourth-order valence-electron chi connectivity index (χ4n) is 5.38. The van der Waals surface area contributed by atoms with Gasteiger partial charge in [0.25, 0.3) is 0 Å². The van der Waals surface area contributed by atoms with E-state index >= 15 is 0 Å². The van der Waals surface area contributed by atoms with Crippen LogP contribution < -0.4 is 4.90 Å². The molecule has 0 unspecified atom stereocenters. The standard InChI is InChI=1S/C28H27NO/c1-18-10-14-25-21(16-18)12-13-23-24-17-19(2)11-15-27(24)30-28(23)29(25)26-9-5-7-20-6-3-4-8-22(20)26/h5,7,9-11,14-17H,3-4,6,8,12-13H2,1-2H3. The second-order valence-electron chi connectivity index (χ2n) is 8.97. The van der Waals surface area contributed by atoms with Crippen LogP contribution in [0.15, 0.2) is 59.0 Å². The molecule has 1 aromatic heterocycles. The molecule has 2 nitrogen and oxygen atoms in total. The van der Waals surface area contributed by atoms with Gasteiger partial charge in [-0.2, -0.15) is 0 Å². The van der Waals surface area contributed by atoms with Gasteiger partial charge in [-0.3, -0.25) is 4.90 Å². The van der Waals surface area contributed by atoms with Crippen molar-refractivity contribution in [2.75, 3.05) is 4.90 Å². The molecule has 2 heteroatoms. The molecule has 150 valence electrons. The molecule has 0 spiro atoms. The number of aryl methyl sites for hydroxylation is 5. The van der Waals surface area contributed by atoms with Crippen molar-refractivity contribution in [2.45, 2.75) is 52.4 Å². The first-order valence-corrected chi connectivity index (χ1v) is 11.2. The van der Waals surface area contributed by atoms with Gasteiger partial charge >= 0.3 is 0 Å². The smallest absolute Gasteiger partial charge is 0.209 e. The zero-order valence-corrected chi connectivity index (χ0v) is 17.8. The lowest BCUT2D eigenvalue weighted by Crippen LogP contribution is -2.15. The van der Waals surface area contributed by atoms with Crippen molar-refractivity contribution in [1.82, 2.24) is 0 Å². The van der Waals surface area contributed by atoms with E-state index in [0.717, 1.165) is 30.7 Å². The van der Waals surface area contributed by atoms with Crippen LogP contribution in [0.1, 0.15) is 46.2 Å². The van der Waals surface area contributed by atoms with E-state index in [0.29, 0.717) is 0 Å². The van der Waals surface area contributed by atoms with Gasteiger partial charge in [0.05, 0.1) is 11.4 Å². The van der Waals surface area contributed by atoms with E-state index in [9.17, 15) is 0 Å². The molecule has 1 aliphatic heterocycles. The number of rotatable bonds is 1. The van der Waals surface area contributed by atoms with Crippen molar-refractivity contribution < 1.29 is 4.42 Å². The maximum absolute atomic E-state index is 6.60. The molecule has 4 aromatic rings. The highest BCUT2D eigenvalue weighted by atomic mass is 16.4. The minimum atomic E-state index is 0.996. The minimum absolute atomic E-state index is 0.996. The van der Waals surface area contributed by atoms with E-state index in [4.69, 9.17) is 4.42 Å². The highest BCUT2D eigenvalue weighted by Crippen LogP contribution is 2.47. The van der Waals surface area contributed by atoms with Crippen LogP contribution in [0.3, 0.4) is 0 Å². The van der Waals surface area contributed by atoms with E-state index in [1.807, 2.05) is 0 Å². The van der Waals surface area contributed by atoms with Crippen molar-refractivity contribution in [3.05, 3.63) is 88.0 Å². The van der Waals surface area contributed by atoms with Crippen LogP contribution in [0.2, 0.25) is 0 Å². The fourth-order valence-corrected chi connectivity index (χ4v) is 5.38. The molecule has 2 aliphatic rings. The highest BCUT2D eigenvalue weighted by Gasteiger charge is 2.30. The van der Waals surface area contributed by atoms with Gasteiger partial charge in [-0.1, -0.05) is 41.5 Å². The van der Waals surface area contributed by atoms with Gasteiger partial charge < -0.3 is 4.42 Å². The highest BCUT2D eigenvalue weighted by molar-refractivity contribution is 5.92. The Bertz CT molecular complexity index is 1280. The first-order chi connectivity index (χ1) is 14.7. The van der Waals surface area contributed by atoms with Gasteiger partial charge in [-0.25, -0.2) is 0 Å². The molecule has 3 aromatic carbocycles. The molecule has 0 amide bonds. The number of nitrogens with zero attached hydrogens (tertiary/aromatic N) is 1. The summed E-state index contributed by atoms with van der Waals surface area (Å²) in [6.45, 7) is 4.36. The van der Waals surface area contributed by atoms with E-state index in [2.05, 4.69) is 73.3 Å². The monoisotopic (exact) mass is 393 g/mol. The summed E-state index contributed by atoms with van der Waals surface area (Å²) < 4.78 is 6.60. The summed E-state index contributed by atoms with van der Waals surface area (Å²) in [6, 6.07) is 20.3. The second-order valence-corrected chi connectivity index (χ2v) is 8.97. The van der Waals surface area contributed by atoms with E-state index in [1.165, 1.54) is 69.4 Å². The molecule has 1 aliphatic carbocycles. The van der Waals surface area contributed by atoms with Crippen LogP contribution in [0.4, 0.5) is 17.3 Å². The first kappa shape index (κ1) is 17.8. The second kappa shape index (κ2) is 6.77. The Hall–Kier alpha value is -3.00. The number of anilines is 3. The summed E-state index contributed by atoms with van der Waals surface area (Å²) in [5.74, 6) is 1.01. The Labute approximate surface area is 178 Å². The molecular formula is C28H27NO. The number of fused-ring (bicyclic) bond motifs is 5. The Morgan fingerprint density at radius 3 is 2.47 bits per heavy atom. The van der Waals surface area contributed by atoms with E-state index in [-0.39, 0.29) is 0 Å². The fraction of sp³-hybridized carbons (Fsp3) is 0.286. The molecule has 0 fully saturated rings. The number of hydrogen-bond donors (Lipinski definition) is 0. The average Bonchev–Trinajstić information content (AvgIpc) is 3.02. The normalized spacial score (nSPS) is 15.5. The summed E-state index contributed by atoms with van der Waals surface area (Å²) in [5.41, 5.74) is 11.9. The first-order valence-electron chi connectivity index (χ1n) is 11.2. The summed E-state index contributed by atoms with van der Waals surface area (Å²) >= 11 is 0. The minimum Gasteiger partial charge on any atom is -0.439 e. The van der Waals surface area contributed by atoms with E-state index < -0.39 is 0 Å². The topological polar surface area (TPSA) is 16.4 Å². The summed E-state index contributed by atoms with van der Waals surface area (Å²) in [6.07, 6.45) is 6.94. The molecule has 0 saturated carbocycles. The largest absolute Gasteiger partial charge is 0.439 e. The number of furan rings is 1. The maximum atomic E-state index is 6.60. The predicted molar refractivity (Wildman–Crippen MR) is 124 cm³/mol. The third-order valence-electron chi connectivity index (χ3n) is 6.86. The van der Waals surface area contributed by atoms with Crippen LogP contribution in [0.5, 0.6) is 0 Å². The molecule has 0 N–H and O–H groups in total. The van der Waals surface area contributed by atoms with E-state index in [1.54, 1.807) is 0 Å². The van der Waals surface area contributed by atoms with Crippen LogP contribution in [0.25, 0.3) is 11.0 Å². The lowest BCUT2D eigenvalue weighted by atomic mass is 9.90. The van der Waals surface area contributed by atoms with Gasteiger partial charge in [0.2, 0.25) is 5.88 Å². The van der Waals surface area contributed by atoms with Gasteiger partial charge in [-0.15, -0.1) is 0 Å². The van der Waals surface area contributed by atoms with Crippen LogP contribution >= 0.6 is 0 Å².